The van der Waals surface area contributed by atoms with E-state index >= 15 is 0 Å². The van der Waals surface area contributed by atoms with Gasteiger partial charge in [0, 0.05) is 31.6 Å². The molecule has 0 heterocycles. The van der Waals surface area contributed by atoms with Crippen LogP contribution < -0.4 is 15.4 Å². The fourth-order valence-corrected chi connectivity index (χ4v) is 2.61. The number of sulfonamides is 1. The summed E-state index contributed by atoms with van der Waals surface area (Å²) < 4.78 is 26.5. The van der Waals surface area contributed by atoms with Crippen molar-refractivity contribution >= 4 is 27.5 Å². The van der Waals surface area contributed by atoms with E-state index in [9.17, 15) is 18.0 Å². The van der Waals surface area contributed by atoms with Crippen LogP contribution in [0.2, 0.25) is 0 Å². The second-order valence-corrected chi connectivity index (χ2v) is 6.82. The lowest BCUT2D eigenvalue weighted by Crippen LogP contribution is -2.36. The molecule has 0 unspecified atom stereocenters. The maximum atomic E-state index is 12.0. The molecular formula is C14H21N3O4S. The minimum absolute atomic E-state index is 0.0942. The van der Waals surface area contributed by atoms with Gasteiger partial charge >= 0.3 is 0 Å². The molecule has 1 rings (SSSR count). The van der Waals surface area contributed by atoms with Crippen molar-refractivity contribution in [3.63, 3.8) is 0 Å². The molecule has 8 heteroatoms. The molecule has 0 aromatic heterocycles. The fourth-order valence-electron chi connectivity index (χ4n) is 1.58. The topological polar surface area (TPSA) is 104 Å². The Balaban J connectivity index is 2.55. The molecule has 122 valence electrons. The first-order chi connectivity index (χ1) is 10.2. The molecule has 0 bridgehead atoms. The van der Waals surface area contributed by atoms with E-state index in [1.165, 1.54) is 31.2 Å². The lowest BCUT2D eigenvalue weighted by molar-refractivity contribution is -0.123. The zero-order chi connectivity index (χ0) is 16.8. The summed E-state index contributed by atoms with van der Waals surface area (Å²) in [6.07, 6.45) is 0. The van der Waals surface area contributed by atoms with Gasteiger partial charge in [-0.05, 0) is 24.3 Å². The molecule has 0 aliphatic carbocycles. The van der Waals surface area contributed by atoms with Crippen molar-refractivity contribution < 1.29 is 18.0 Å². The quantitative estimate of drug-likeness (QED) is 0.641. The van der Waals surface area contributed by atoms with Crippen molar-refractivity contribution in [1.29, 1.82) is 0 Å². The van der Waals surface area contributed by atoms with E-state index in [-0.39, 0.29) is 35.7 Å². The molecule has 0 atom stereocenters. The number of hydrogen-bond acceptors (Lipinski definition) is 4. The Hall–Kier alpha value is -1.93. The average molecular weight is 327 g/mol. The summed E-state index contributed by atoms with van der Waals surface area (Å²) in [5, 5.41) is 5.18. The molecule has 0 aliphatic rings. The van der Waals surface area contributed by atoms with Crippen LogP contribution in [0.5, 0.6) is 0 Å². The minimum Gasteiger partial charge on any atom is -0.355 e. The largest absolute Gasteiger partial charge is 0.355 e. The summed E-state index contributed by atoms with van der Waals surface area (Å²) in [6, 6.07) is 5.83. The molecule has 2 amide bonds. The molecule has 0 fully saturated rings. The summed E-state index contributed by atoms with van der Waals surface area (Å²) in [7, 11) is -3.64. The molecule has 0 saturated heterocycles. The molecule has 1 aromatic rings. The Morgan fingerprint density at radius 2 is 1.68 bits per heavy atom. The van der Waals surface area contributed by atoms with Crippen LogP contribution in [0.1, 0.15) is 20.8 Å². The first-order valence-corrected chi connectivity index (χ1v) is 8.35. The number of anilines is 1. The SMILES string of the molecule is CC(=O)Nc1ccc(S(=O)(=O)NCCNC(=O)C(C)C)cc1. The molecule has 3 N–H and O–H groups in total. The predicted molar refractivity (Wildman–Crippen MR) is 83.8 cm³/mol. The van der Waals surface area contributed by atoms with Crippen molar-refractivity contribution in [2.45, 2.75) is 25.7 Å². The van der Waals surface area contributed by atoms with Crippen LogP contribution >= 0.6 is 0 Å². The van der Waals surface area contributed by atoms with Gasteiger partial charge in [-0.3, -0.25) is 9.59 Å². The third-order valence-corrected chi connectivity index (χ3v) is 4.20. The van der Waals surface area contributed by atoms with Crippen molar-refractivity contribution in [2.24, 2.45) is 5.92 Å². The predicted octanol–water partition coefficient (Wildman–Crippen LogP) is 0.695. The van der Waals surface area contributed by atoms with Gasteiger partial charge in [-0.1, -0.05) is 13.8 Å². The molecule has 0 saturated carbocycles. The number of carbonyl (C=O) groups excluding carboxylic acids is 2. The lowest BCUT2D eigenvalue weighted by Gasteiger charge is -2.10. The van der Waals surface area contributed by atoms with Gasteiger partial charge < -0.3 is 10.6 Å². The van der Waals surface area contributed by atoms with Crippen LogP contribution in [0, 0.1) is 5.92 Å². The minimum atomic E-state index is -3.64. The van der Waals surface area contributed by atoms with E-state index in [2.05, 4.69) is 15.4 Å². The Morgan fingerprint density at radius 1 is 1.09 bits per heavy atom. The third-order valence-electron chi connectivity index (χ3n) is 2.73. The lowest BCUT2D eigenvalue weighted by atomic mass is 10.2. The van der Waals surface area contributed by atoms with Crippen LogP contribution in [-0.4, -0.2) is 33.3 Å². The van der Waals surface area contributed by atoms with E-state index in [1.807, 2.05) is 0 Å². The molecule has 0 spiro atoms. The van der Waals surface area contributed by atoms with Gasteiger partial charge in [-0.15, -0.1) is 0 Å². The van der Waals surface area contributed by atoms with Gasteiger partial charge in [0.2, 0.25) is 21.8 Å². The maximum Gasteiger partial charge on any atom is 0.240 e. The summed E-state index contributed by atoms with van der Waals surface area (Å²) in [5.74, 6) is -0.494. The number of rotatable bonds is 7. The fraction of sp³-hybridized carbons (Fsp3) is 0.429. The number of amides is 2. The van der Waals surface area contributed by atoms with Crippen molar-refractivity contribution in [2.75, 3.05) is 18.4 Å². The second-order valence-electron chi connectivity index (χ2n) is 5.05. The molecular weight excluding hydrogens is 306 g/mol. The Labute approximate surface area is 130 Å². The molecule has 0 aliphatic heterocycles. The number of hydrogen-bond donors (Lipinski definition) is 3. The van der Waals surface area contributed by atoms with Crippen LogP contribution in [0.25, 0.3) is 0 Å². The third kappa shape index (κ3) is 5.82. The molecule has 1 aromatic carbocycles. The monoisotopic (exact) mass is 327 g/mol. The zero-order valence-corrected chi connectivity index (χ0v) is 13.7. The van der Waals surface area contributed by atoms with Gasteiger partial charge in [0.25, 0.3) is 0 Å². The van der Waals surface area contributed by atoms with Gasteiger partial charge in [0.15, 0.2) is 0 Å². The van der Waals surface area contributed by atoms with Gasteiger partial charge in [0.05, 0.1) is 4.90 Å². The molecule has 7 nitrogen and oxygen atoms in total. The van der Waals surface area contributed by atoms with Gasteiger partial charge in [-0.25, -0.2) is 13.1 Å². The zero-order valence-electron chi connectivity index (χ0n) is 12.8. The smallest absolute Gasteiger partial charge is 0.240 e. The van der Waals surface area contributed by atoms with Crippen LogP contribution in [0.3, 0.4) is 0 Å². The normalized spacial score (nSPS) is 11.3. The molecule has 22 heavy (non-hydrogen) atoms. The van der Waals surface area contributed by atoms with Crippen molar-refractivity contribution in [1.82, 2.24) is 10.0 Å². The van der Waals surface area contributed by atoms with E-state index in [4.69, 9.17) is 0 Å². The van der Waals surface area contributed by atoms with E-state index in [0.717, 1.165) is 0 Å². The van der Waals surface area contributed by atoms with Crippen molar-refractivity contribution in [3.05, 3.63) is 24.3 Å². The number of nitrogens with one attached hydrogen (secondary N) is 3. The van der Waals surface area contributed by atoms with Gasteiger partial charge in [0.1, 0.15) is 0 Å². The van der Waals surface area contributed by atoms with Crippen LogP contribution in [0.15, 0.2) is 29.2 Å². The summed E-state index contributed by atoms with van der Waals surface area (Å²) in [5.41, 5.74) is 0.524. The van der Waals surface area contributed by atoms with E-state index < -0.39 is 10.0 Å². The second kappa shape index (κ2) is 7.90. The Morgan fingerprint density at radius 3 is 2.18 bits per heavy atom. The first kappa shape index (κ1) is 18.1. The first-order valence-electron chi connectivity index (χ1n) is 6.87. The highest BCUT2D eigenvalue weighted by molar-refractivity contribution is 7.89. The standard InChI is InChI=1S/C14H21N3O4S/c1-10(2)14(19)15-8-9-16-22(20,21)13-6-4-12(5-7-13)17-11(3)18/h4-7,10,16H,8-9H2,1-3H3,(H,15,19)(H,17,18). The highest BCUT2D eigenvalue weighted by atomic mass is 32.2. The summed E-state index contributed by atoms with van der Waals surface area (Å²) >= 11 is 0. The summed E-state index contributed by atoms with van der Waals surface area (Å²) in [6.45, 7) is 5.22. The highest BCUT2D eigenvalue weighted by Crippen LogP contribution is 2.13. The summed E-state index contributed by atoms with van der Waals surface area (Å²) in [4.78, 5) is 22.3. The van der Waals surface area contributed by atoms with E-state index in [1.54, 1.807) is 13.8 Å². The van der Waals surface area contributed by atoms with E-state index in [0.29, 0.717) is 5.69 Å². The highest BCUT2D eigenvalue weighted by Gasteiger charge is 2.13. The Kier molecular flexibility index (Phi) is 6.51. The Bertz CT molecular complexity index is 624. The van der Waals surface area contributed by atoms with Crippen molar-refractivity contribution in [3.8, 4) is 0 Å². The number of benzene rings is 1. The maximum absolute atomic E-state index is 12.0. The van der Waals surface area contributed by atoms with Crippen LogP contribution in [0.4, 0.5) is 5.69 Å². The average Bonchev–Trinajstić information content (AvgIpc) is 2.43. The molecule has 0 radical (unpaired) electrons. The van der Waals surface area contributed by atoms with Gasteiger partial charge in [-0.2, -0.15) is 0 Å². The van der Waals surface area contributed by atoms with Crippen LogP contribution in [-0.2, 0) is 19.6 Å². The number of carbonyl (C=O) groups is 2.